The molecule has 0 amide bonds. The Morgan fingerprint density at radius 3 is 2.37 bits per heavy atom. The van der Waals surface area contributed by atoms with Crippen LogP contribution < -0.4 is 0 Å². The molecule has 9 nitrogen and oxygen atoms in total. The quantitative estimate of drug-likeness (QED) is 0.349. The predicted molar refractivity (Wildman–Crippen MR) is 159 cm³/mol. The lowest BCUT2D eigenvalue weighted by atomic mass is 9.70. The van der Waals surface area contributed by atoms with Crippen LogP contribution in [0, 0.1) is 35.5 Å². The number of carbonyl (C=O) groups is 2. The number of allylic oxidation sites excluding steroid dienone is 4. The molecular weight excluding hydrogens is 552 g/mol. The van der Waals surface area contributed by atoms with Gasteiger partial charge in [0.05, 0.1) is 18.3 Å². The summed E-state index contributed by atoms with van der Waals surface area (Å²) >= 11 is 0. The van der Waals surface area contributed by atoms with Gasteiger partial charge in [0.1, 0.15) is 24.4 Å². The average Bonchev–Trinajstić information content (AvgIpc) is 3.58. The fraction of sp³-hybridized carbons (Fsp3) is 0.824. The van der Waals surface area contributed by atoms with Crippen LogP contribution in [-0.4, -0.2) is 87.2 Å². The highest BCUT2D eigenvalue weighted by atomic mass is 16.7. The Morgan fingerprint density at radius 1 is 0.930 bits per heavy atom. The first-order chi connectivity index (χ1) is 20.7. The molecule has 0 bridgehead atoms. The molecule has 0 aromatic rings. The first kappa shape index (κ1) is 32.8. The van der Waals surface area contributed by atoms with Crippen LogP contribution in [0.4, 0.5) is 0 Å². The van der Waals surface area contributed by atoms with E-state index in [1.165, 1.54) is 0 Å². The number of aliphatic hydroxyl groups is 1. The Morgan fingerprint density at radius 2 is 1.67 bits per heavy atom. The van der Waals surface area contributed by atoms with Gasteiger partial charge in [0.25, 0.3) is 0 Å². The molecule has 2 heterocycles. The molecule has 0 aromatic carbocycles. The van der Waals surface area contributed by atoms with Gasteiger partial charge >= 0.3 is 5.97 Å². The lowest BCUT2D eigenvalue weighted by Crippen LogP contribution is -2.59. The minimum atomic E-state index is -0.710. The monoisotopic (exact) mass is 604 g/mol. The molecule has 43 heavy (non-hydrogen) atoms. The van der Waals surface area contributed by atoms with Crippen molar-refractivity contribution < 1.29 is 43.1 Å². The van der Waals surface area contributed by atoms with Crippen molar-refractivity contribution in [3.8, 4) is 0 Å². The number of fused-ring (bicyclic) bond motifs is 5. The molecule has 14 atom stereocenters. The summed E-state index contributed by atoms with van der Waals surface area (Å²) in [7, 11) is 4.95. The number of rotatable bonds is 6. The summed E-state index contributed by atoms with van der Waals surface area (Å²) in [4.78, 5) is 26.7. The summed E-state index contributed by atoms with van der Waals surface area (Å²) in [6, 6.07) is 0. The van der Waals surface area contributed by atoms with E-state index in [2.05, 4.69) is 18.2 Å². The normalized spacial score (nSPS) is 45.6. The van der Waals surface area contributed by atoms with Crippen LogP contribution in [0.3, 0.4) is 0 Å². The standard InChI is InChI=1S/C34H52O9/c1-7-21-9-8-10-28(35)18(2)30(37)27-17-26-23(24(27)13-14-29(36)42-21)12-11-20-15-22(16-25(20)26)43-34-33(40-6)32(39-5)31(38-4)19(3)41-34/h11-12,17-26,28,31-35H,7-10,13-16H2,1-6H3/t18-,19-,20-,21+,22-,23+,24+,25-,26-,28+,31+,32+,33+,34+/m1/s1. The van der Waals surface area contributed by atoms with Gasteiger partial charge in [0, 0.05) is 33.7 Å². The van der Waals surface area contributed by atoms with Gasteiger partial charge in [-0.2, -0.15) is 0 Å². The molecule has 2 aliphatic heterocycles. The number of aliphatic hydroxyl groups excluding tert-OH is 1. The number of esters is 1. The lowest BCUT2D eigenvalue weighted by molar-refractivity contribution is -0.314. The maximum atomic E-state index is 13.9. The summed E-state index contributed by atoms with van der Waals surface area (Å²) < 4.78 is 35.9. The number of ketones is 1. The third-order valence-electron chi connectivity index (χ3n) is 11.0. The van der Waals surface area contributed by atoms with Crippen molar-refractivity contribution in [2.75, 3.05) is 21.3 Å². The van der Waals surface area contributed by atoms with Gasteiger partial charge in [0.15, 0.2) is 12.1 Å². The minimum Gasteiger partial charge on any atom is -0.462 e. The molecule has 0 spiro atoms. The fourth-order valence-corrected chi connectivity index (χ4v) is 8.52. The third-order valence-corrected chi connectivity index (χ3v) is 11.0. The third kappa shape index (κ3) is 6.68. The molecule has 0 aromatic heterocycles. The van der Waals surface area contributed by atoms with E-state index in [1.807, 2.05) is 20.8 Å². The number of hydrogen-bond acceptors (Lipinski definition) is 9. The first-order valence-electron chi connectivity index (χ1n) is 16.4. The molecule has 1 N–H and O–H groups in total. The van der Waals surface area contributed by atoms with Gasteiger partial charge < -0.3 is 33.5 Å². The van der Waals surface area contributed by atoms with Gasteiger partial charge in [-0.1, -0.05) is 32.1 Å². The molecule has 242 valence electrons. The first-order valence-corrected chi connectivity index (χ1v) is 16.4. The van der Waals surface area contributed by atoms with Crippen molar-refractivity contribution in [1.82, 2.24) is 0 Å². The summed E-state index contributed by atoms with van der Waals surface area (Å²) in [5.41, 5.74) is 0.785. The van der Waals surface area contributed by atoms with E-state index < -0.39 is 24.4 Å². The van der Waals surface area contributed by atoms with Gasteiger partial charge in [-0.05, 0) is 87.0 Å². The van der Waals surface area contributed by atoms with Gasteiger partial charge in [-0.15, -0.1) is 0 Å². The summed E-state index contributed by atoms with van der Waals surface area (Å²) in [5.74, 6) is 0.246. The van der Waals surface area contributed by atoms with Crippen molar-refractivity contribution in [3.05, 3.63) is 23.8 Å². The van der Waals surface area contributed by atoms with E-state index in [4.69, 9.17) is 28.4 Å². The number of Topliss-reactive ketones (excluding diaryl/α,β-unsaturated/α-hetero) is 1. The van der Waals surface area contributed by atoms with E-state index in [0.717, 1.165) is 31.3 Å². The highest BCUT2D eigenvalue weighted by Crippen LogP contribution is 2.54. The zero-order chi connectivity index (χ0) is 30.8. The fourth-order valence-electron chi connectivity index (χ4n) is 8.52. The Bertz CT molecular complexity index is 1040. The predicted octanol–water partition coefficient (Wildman–Crippen LogP) is 4.40. The smallest absolute Gasteiger partial charge is 0.306 e. The van der Waals surface area contributed by atoms with Crippen LogP contribution in [0.25, 0.3) is 0 Å². The van der Waals surface area contributed by atoms with Crippen LogP contribution in [0.15, 0.2) is 23.8 Å². The summed E-state index contributed by atoms with van der Waals surface area (Å²) in [5, 5.41) is 10.9. The molecule has 0 radical (unpaired) electrons. The molecule has 2 saturated heterocycles. The number of ether oxygens (including phenoxy) is 6. The van der Waals surface area contributed by atoms with Crippen LogP contribution in [0.2, 0.25) is 0 Å². The summed E-state index contributed by atoms with van der Waals surface area (Å²) in [6.07, 6.45) is 9.34. The van der Waals surface area contributed by atoms with E-state index in [1.54, 1.807) is 21.3 Å². The highest BCUT2D eigenvalue weighted by molar-refractivity contribution is 5.98. The Hall–Kier alpha value is -1.62. The molecule has 9 heteroatoms. The van der Waals surface area contributed by atoms with Crippen molar-refractivity contribution in [2.45, 2.75) is 121 Å². The van der Waals surface area contributed by atoms with Crippen molar-refractivity contribution in [2.24, 2.45) is 35.5 Å². The number of carbonyl (C=O) groups excluding carboxylic acids is 2. The second-order valence-electron chi connectivity index (χ2n) is 13.3. The Balaban J connectivity index is 1.33. The van der Waals surface area contributed by atoms with Gasteiger partial charge in [-0.25, -0.2) is 0 Å². The minimum absolute atomic E-state index is 0.0214. The zero-order valence-electron chi connectivity index (χ0n) is 26.7. The SMILES string of the molecule is CC[C@H]1CCC[C@H](O)[C@@H](C)C(=O)C2=C[C@@H]3[C@@H](C=C[C@@H]4C[C@@H](O[C@@H]5O[C@H](C)[C@H](OC)[C@H](OC)[C@@H]5OC)C[C@@H]34)[C@@H]2CCC(=O)O1. The second-order valence-corrected chi connectivity index (χ2v) is 13.3. The van der Waals surface area contributed by atoms with Crippen molar-refractivity contribution >= 4 is 11.8 Å². The molecule has 3 fully saturated rings. The van der Waals surface area contributed by atoms with Crippen molar-refractivity contribution in [3.63, 3.8) is 0 Å². The maximum absolute atomic E-state index is 13.9. The van der Waals surface area contributed by atoms with E-state index in [0.29, 0.717) is 37.5 Å². The molecule has 3 aliphatic carbocycles. The second kappa shape index (κ2) is 14.2. The number of methoxy groups -OCH3 is 3. The lowest BCUT2D eigenvalue weighted by Gasteiger charge is -2.44. The van der Waals surface area contributed by atoms with Crippen LogP contribution in [0.5, 0.6) is 0 Å². The van der Waals surface area contributed by atoms with Gasteiger partial charge in [-0.3, -0.25) is 9.59 Å². The van der Waals surface area contributed by atoms with E-state index in [9.17, 15) is 14.7 Å². The molecule has 1 saturated carbocycles. The molecule has 0 unspecified atom stereocenters. The molecule has 5 aliphatic rings. The van der Waals surface area contributed by atoms with Crippen molar-refractivity contribution in [1.29, 1.82) is 0 Å². The Kier molecular flexibility index (Phi) is 10.8. The topological polar surface area (TPSA) is 110 Å². The van der Waals surface area contributed by atoms with E-state index >= 15 is 0 Å². The van der Waals surface area contributed by atoms with Gasteiger partial charge in [0.2, 0.25) is 0 Å². The van der Waals surface area contributed by atoms with E-state index in [-0.39, 0.29) is 60.0 Å². The molecule has 5 rings (SSSR count). The maximum Gasteiger partial charge on any atom is 0.306 e. The van der Waals surface area contributed by atoms with Crippen LogP contribution in [0.1, 0.15) is 72.1 Å². The van der Waals surface area contributed by atoms with Crippen LogP contribution in [-0.2, 0) is 38.0 Å². The number of hydrogen-bond donors (Lipinski definition) is 1. The molecular formula is C34H52O9. The summed E-state index contributed by atoms with van der Waals surface area (Å²) in [6.45, 7) is 5.83. The largest absolute Gasteiger partial charge is 0.462 e. The zero-order valence-corrected chi connectivity index (χ0v) is 26.7. The van der Waals surface area contributed by atoms with Crippen LogP contribution >= 0.6 is 0 Å². The highest BCUT2D eigenvalue weighted by Gasteiger charge is 2.52. The Labute approximate surface area is 256 Å². The average molecular weight is 605 g/mol. The number of cyclic esters (lactones) is 1.